The highest BCUT2D eigenvalue weighted by atomic mass is 16.7. The van der Waals surface area contributed by atoms with Gasteiger partial charge >= 0.3 is 5.97 Å². The molecule has 2 aliphatic rings. The van der Waals surface area contributed by atoms with Crippen LogP contribution < -0.4 is 4.74 Å². The number of carboxylic acid groups (broad SMARTS) is 1. The SMILES string of the molecule is CCOCOc1ccc2c(c1)[C@H]1CN(C)CC[C@H]1N=C2c1ccc(C(=O)O)cc1. The molecule has 2 aromatic carbocycles. The quantitative estimate of drug-likeness (QED) is 0.601. The molecule has 29 heavy (non-hydrogen) atoms. The maximum absolute atomic E-state index is 11.2. The molecule has 0 aromatic heterocycles. The van der Waals surface area contributed by atoms with E-state index in [2.05, 4.69) is 24.1 Å². The van der Waals surface area contributed by atoms with Gasteiger partial charge in [-0.25, -0.2) is 4.79 Å². The number of carbonyl (C=O) groups is 1. The van der Waals surface area contributed by atoms with Crippen molar-refractivity contribution < 1.29 is 19.4 Å². The smallest absolute Gasteiger partial charge is 0.335 e. The van der Waals surface area contributed by atoms with Crippen LogP contribution >= 0.6 is 0 Å². The monoisotopic (exact) mass is 394 g/mol. The van der Waals surface area contributed by atoms with Gasteiger partial charge in [-0.05, 0) is 62.8 Å². The predicted molar refractivity (Wildman–Crippen MR) is 111 cm³/mol. The Labute approximate surface area is 170 Å². The van der Waals surface area contributed by atoms with E-state index in [0.717, 1.165) is 42.1 Å². The number of ether oxygens (including phenoxy) is 2. The van der Waals surface area contributed by atoms with Crippen LogP contribution in [0.4, 0.5) is 0 Å². The Bertz CT molecular complexity index is 923. The van der Waals surface area contributed by atoms with Gasteiger partial charge in [0, 0.05) is 30.2 Å². The van der Waals surface area contributed by atoms with E-state index in [1.165, 1.54) is 5.56 Å². The largest absolute Gasteiger partial charge is 0.478 e. The first-order valence-corrected chi connectivity index (χ1v) is 10.0. The van der Waals surface area contributed by atoms with Gasteiger partial charge < -0.3 is 19.5 Å². The Hall–Kier alpha value is -2.70. The van der Waals surface area contributed by atoms with Gasteiger partial charge in [-0.15, -0.1) is 0 Å². The van der Waals surface area contributed by atoms with Gasteiger partial charge in [0.25, 0.3) is 0 Å². The number of aromatic carboxylic acids is 1. The average Bonchev–Trinajstić information content (AvgIpc) is 2.73. The fourth-order valence-electron chi connectivity index (χ4n) is 4.14. The number of piperidine rings is 1. The molecule has 152 valence electrons. The Morgan fingerprint density at radius 3 is 2.76 bits per heavy atom. The molecule has 1 saturated heterocycles. The summed E-state index contributed by atoms with van der Waals surface area (Å²) >= 11 is 0. The van der Waals surface area contributed by atoms with Crippen molar-refractivity contribution in [2.75, 3.05) is 33.5 Å². The van der Waals surface area contributed by atoms with Crippen LogP contribution in [0.2, 0.25) is 0 Å². The molecule has 0 spiro atoms. The van der Waals surface area contributed by atoms with Gasteiger partial charge in [0.2, 0.25) is 0 Å². The first-order chi connectivity index (χ1) is 14.1. The highest BCUT2D eigenvalue weighted by molar-refractivity contribution is 6.15. The van der Waals surface area contributed by atoms with Crippen molar-refractivity contribution in [3.05, 3.63) is 64.7 Å². The number of likely N-dealkylation sites (N-methyl/N-ethyl adjacent to an activating group) is 1. The number of hydrogen-bond acceptors (Lipinski definition) is 5. The fraction of sp³-hybridized carbons (Fsp3) is 0.391. The predicted octanol–water partition coefficient (Wildman–Crippen LogP) is 3.40. The van der Waals surface area contributed by atoms with E-state index in [-0.39, 0.29) is 18.4 Å². The second-order valence-corrected chi connectivity index (χ2v) is 7.59. The van der Waals surface area contributed by atoms with Gasteiger partial charge in [-0.1, -0.05) is 12.1 Å². The molecular formula is C23H26N2O4. The standard InChI is InChI=1S/C23H26N2O4/c1-3-28-14-29-17-8-9-18-19(12-17)20-13-25(2)11-10-21(20)24-22(18)15-4-6-16(7-5-15)23(26)27/h4-9,12,20-21H,3,10-11,13-14H2,1-2H3,(H,26,27)/t20-,21-/m1/s1. The molecule has 0 unspecified atom stereocenters. The number of aliphatic imine (C=N–C) groups is 1. The average molecular weight is 394 g/mol. The third kappa shape index (κ3) is 4.04. The van der Waals surface area contributed by atoms with Crippen LogP contribution in [0.25, 0.3) is 0 Å². The van der Waals surface area contributed by atoms with Crippen LogP contribution in [-0.4, -0.2) is 61.3 Å². The van der Waals surface area contributed by atoms with Crippen molar-refractivity contribution in [3.8, 4) is 5.75 Å². The fourth-order valence-corrected chi connectivity index (χ4v) is 4.14. The number of nitrogens with zero attached hydrogens (tertiary/aromatic N) is 2. The van der Waals surface area contributed by atoms with Crippen molar-refractivity contribution >= 4 is 11.7 Å². The van der Waals surface area contributed by atoms with Crippen LogP contribution in [0, 0.1) is 0 Å². The molecule has 6 heteroatoms. The molecule has 0 bridgehead atoms. The Morgan fingerprint density at radius 1 is 1.24 bits per heavy atom. The molecule has 0 radical (unpaired) electrons. The minimum absolute atomic E-state index is 0.218. The summed E-state index contributed by atoms with van der Waals surface area (Å²) in [6.07, 6.45) is 1.00. The summed E-state index contributed by atoms with van der Waals surface area (Å²) in [5, 5.41) is 9.18. The summed E-state index contributed by atoms with van der Waals surface area (Å²) in [6, 6.07) is 13.3. The number of rotatable bonds is 6. The minimum atomic E-state index is -0.922. The summed E-state index contributed by atoms with van der Waals surface area (Å²) in [5.41, 5.74) is 4.48. The lowest BCUT2D eigenvalue weighted by Gasteiger charge is -2.39. The van der Waals surface area contributed by atoms with E-state index in [4.69, 9.17) is 14.5 Å². The van der Waals surface area contributed by atoms with Crippen LogP contribution in [0.5, 0.6) is 5.75 Å². The number of hydrogen-bond donors (Lipinski definition) is 1. The van der Waals surface area contributed by atoms with Crippen LogP contribution in [0.15, 0.2) is 47.5 Å². The van der Waals surface area contributed by atoms with E-state index in [1.807, 2.05) is 25.1 Å². The summed E-state index contributed by atoms with van der Waals surface area (Å²) in [6.45, 7) is 4.77. The van der Waals surface area contributed by atoms with Crippen LogP contribution in [-0.2, 0) is 4.74 Å². The molecule has 2 atom stereocenters. The van der Waals surface area contributed by atoms with E-state index in [1.54, 1.807) is 12.1 Å². The number of fused-ring (bicyclic) bond motifs is 3. The molecule has 2 aliphatic heterocycles. The number of likely N-dealkylation sites (tertiary alicyclic amines) is 1. The lowest BCUT2D eigenvalue weighted by molar-refractivity contribution is 0.0223. The minimum Gasteiger partial charge on any atom is -0.478 e. The molecule has 0 saturated carbocycles. The summed E-state index contributed by atoms with van der Waals surface area (Å²) in [7, 11) is 2.15. The van der Waals surface area contributed by atoms with E-state index in [9.17, 15) is 9.90 Å². The van der Waals surface area contributed by atoms with Gasteiger partial charge in [-0.3, -0.25) is 4.99 Å². The van der Waals surface area contributed by atoms with Crippen molar-refractivity contribution in [2.24, 2.45) is 4.99 Å². The van der Waals surface area contributed by atoms with Crippen LogP contribution in [0.1, 0.15) is 46.3 Å². The zero-order valence-electron chi connectivity index (χ0n) is 16.8. The normalized spacial score (nSPS) is 21.1. The molecule has 0 aliphatic carbocycles. The van der Waals surface area contributed by atoms with Gasteiger partial charge in [0.05, 0.1) is 17.3 Å². The maximum Gasteiger partial charge on any atom is 0.335 e. The highest BCUT2D eigenvalue weighted by Crippen LogP contribution is 2.38. The van der Waals surface area contributed by atoms with Crippen molar-refractivity contribution in [2.45, 2.75) is 25.3 Å². The van der Waals surface area contributed by atoms with Gasteiger partial charge in [0.15, 0.2) is 6.79 Å². The first-order valence-electron chi connectivity index (χ1n) is 10.0. The molecule has 0 amide bonds. The van der Waals surface area contributed by atoms with Crippen LogP contribution in [0.3, 0.4) is 0 Å². The number of carboxylic acids is 1. The Balaban J connectivity index is 1.72. The lowest BCUT2D eigenvalue weighted by atomic mass is 9.79. The summed E-state index contributed by atoms with van der Waals surface area (Å²) in [5.74, 6) is 0.196. The van der Waals surface area contributed by atoms with Gasteiger partial charge in [-0.2, -0.15) is 0 Å². The Kier molecular flexibility index (Phi) is 5.65. The maximum atomic E-state index is 11.2. The lowest BCUT2D eigenvalue weighted by Crippen LogP contribution is -2.41. The molecule has 1 N–H and O–H groups in total. The zero-order valence-corrected chi connectivity index (χ0v) is 16.8. The van der Waals surface area contributed by atoms with E-state index >= 15 is 0 Å². The highest BCUT2D eigenvalue weighted by Gasteiger charge is 2.35. The van der Waals surface area contributed by atoms with Crippen molar-refractivity contribution in [3.63, 3.8) is 0 Å². The third-order valence-corrected chi connectivity index (χ3v) is 5.67. The second kappa shape index (κ2) is 8.35. The molecule has 4 rings (SSSR count). The van der Waals surface area contributed by atoms with Crippen molar-refractivity contribution in [1.29, 1.82) is 0 Å². The molecular weight excluding hydrogens is 368 g/mol. The van der Waals surface area contributed by atoms with E-state index in [0.29, 0.717) is 12.5 Å². The topological polar surface area (TPSA) is 71.4 Å². The Morgan fingerprint density at radius 2 is 2.03 bits per heavy atom. The number of benzene rings is 2. The summed E-state index contributed by atoms with van der Waals surface area (Å²) in [4.78, 5) is 18.6. The molecule has 2 aromatic rings. The first kappa shape index (κ1) is 19.6. The van der Waals surface area contributed by atoms with Crippen molar-refractivity contribution in [1.82, 2.24) is 4.90 Å². The molecule has 6 nitrogen and oxygen atoms in total. The summed E-state index contributed by atoms with van der Waals surface area (Å²) < 4.78 is 11.1. The molecule has 1 fully saturated rings. The zero-order chi connectivity index (χ0) is 20.4. The van der Waals surface area contributed by atoms with Gasteiger partial charge in [0.1, 0.15) is 5.75 Å². The second-order valence-electron chi connectivity index (χ2n) is 7.59. The van der Waals surface area contributed by atoms with E-state index < -0.39 is 5.97 Å². The third-order valence-electron chi connectivity index (χ3n) is 5.67. The molecule has 2 heterocycles.